The summed E-state index contributed by atoms with van der Waals surface area (Å²) in [5.41, 5.74) is 1.10. The van der Waals surface area contributed by atoms with Crippen LogP contribution in [0.3, 0.4) is 0 Å². The van der Waals surface area contributed by atoms with Gasteiger partial charge in [-0.15, -0.1) is 0 Å². The van der Waals surface area contributed by atoms with Crippen molar-refractivity contribution in [2.75, 3.05) is 7.11 Å². The summed E-state index contributed by atoms with van der Waals surface area (Å²) in [5.74, 6) is 4.72. The Kier molecular flexibility index (Phi) is 3.42. The highest BCUT2D eigenvalue weighted by molar-refractivity contribution is 5.88. The van der Waals surface area contributed by atoms with Gasteiger partial charge in [-0.25, -0.2) is 4.79 Å². The lowest BCUT2D eigenvalue weighted by molar-refractivity contribution is -0.133. The predicted octanol–water partition coefficient (Wildman–Crippen LogP) is 2.56. The minimum Gasteiger partial charge on any atom is -0.459 e. The molecular weight excluding hydrogens is 212 g/mol. The Morgan fingerprint density at radius 3 is 2.71 bits per heavy atom. The van der Waals surface area contributed by atoms with Crippen LogP contribution in [-0.2, 0) is 16.0 Å². The van der Waals surface area contributed by atoms with Crippen molar-refractivity contribution in [3.63, 3.8) is 0 Å². The molecule has 0 atom stereocenters. The summed E-state index contributed by atoms with van der Waals surface area (Å²) in [7, 11) is 1.33. The van der Waals surface area contributed by atoms with Crippen LogP contribution in [-0.4, -0.2) is 13.1 Å². The van der Waals surface area contributed by atoms with Crippen molar-refractivity contribution >= 4 is 16.7 Å². The van der Waals surface area contributed by atoms with E-state index < -0.39 is 5.97 Å². The molecule has 0 aromatic heterocycles. The van der Waals surface area contributed by atoms with Crippen LogP contribution in [0.5, 0.6) is 0 Å². The van der Waals surface area contributed by atoms with Crippen molar-refractivity contribution in [3.8, 4) is 11.8 Å². The fraction of sp³-hybridized carbons (Fsp3) is 0.133. The van der Waals surface area contributed by atoms with Crippen LogP contribution in [0.1, 0.15) is 5.56 Å². The van der Waals surface area contributed by atoms with E-state index in [0.29, 0.717) is 6.42 Å². The van der Waals surface area contributed by atoms with Gasteiger partial charge < -0.3 is 4.74 Å². The van der Waals surface area contributed by atoms with Gasteiger partial charge in [0.25, 0.3) is 0 Å². The molecule has 2 nitrogen and oxygen atoms in total. The maximum atomic E-state index is 10.8. The summed E-state index contributed by atoms with van der Waals surface area (Å²) in [6.45, 7) is 0. The molecule has 0 amide bonds. The lowest BCUT2D eigenvalue weighted by Crippen LogP contribution is -1.94. The van der Waals surface area contributed by atoms with E-state index in [1.54, 1.807) is 0 Å². The Hall–Kier alpha value is -2.27. The van der Waals surface area contributed by atoms with Crippen molar-refractivity contribution in [3.05, 3.63) is 48.0 Å². The first-order chi connectivity index (χ1) is 8.29. The summed E-state index contributed by atoms with van der Waals surface area (Å²) in [6, 6.07) is 14.3. The highest BCUT2D eigenvalue weighted by atomic mass is 16.5. The molecule has 0 bridgehead atoms. The van der Waals surface area contributed by atoms with Crippen LogP contribution in [0.15, 0.2) is 42.5 Å². The zero-order chi connectivity index (χ0) is 12.1. The van der Waals surface area contributed by atoms with Gasteiger partial charge in [-0.2, -0.15) is 0 Å². The molecule has 2 aromatic rings. The smallest absolute Gasteiger partial charge is 0.384 e. The molecule has 2 rings (SSSR count). The van der Waals surface area contributed by atoms with Crippen molar-refractivity contribution in [1.29, 1.82) is 0 Å². The zero-order valence-electron chi connectivity index (χ0n) is 9.57. The van der Waals surface area contributed by atoms with E-state index in [1.807, 2.05) is 18.2 Å². The summed E-state index contributed by atoms with van der Waals surface area (Å²) < 4.78 is 4.45. The highest BCUT2D eigenvalue weighted by Crippen LogP contribution is 2.15. The molecule has 0 spiro atoms. The van der Waals surface area contributed by atoms with Crippen LogP contribution in [0.25, 0.3) is 10.8 Å². The third-order valence-corrected chi connectivity index (χ3v) is 2.48. The van der Waals surface area contributed by atoms with Crippen molar-refractivity contribution < 1.29 is 9.53 Å². The lowest BCUT2D eigenvalue weighted by atomic mass is 10.1. The number of fused-ring (bicyclic) bond motifs is 1. The number of rotatable bonds is 1. The van der Waals surface area contributed by atoms with E-state index in [2.05, 4.69) is 40.8 Å². The topological polar surface area (TPSA) is 26.3 Å². The van der Waals surface area contributed by atoms with E-state index in [1.165, 1.54) is 17.9 Å². The molecule has 0 aliphatic carbocycles. The van der Waals surface area contributed by atoms with Gasteiger partial charge in [0, 0.05) is 12.3 Å². The Morgan fingerprint density at radius 2 is 1.94 bits per heavy atom. The number of esters is 1. The molecule has 0 aliphatic rings. The van der Waals surface area contributed by atoms with E-state index in [0.717, 1.165) is 5.56 Å². The van der Waals surface area contributed by atoms with Gasteiger partial charge in [-0.3, -0.25) is 0 Å². The number of carbonyl (C=O) groups excluding carboxylic acids is 1. The third kappa shape index (κ3) is 2.85. The fourth-order valence-corrected chi connectivity index (χ4v) is 1.62. The number of hydrogen-bond donors (Lipinski definition) is 0. The Bertz CT molecular complexity index is 603. The Balaban J connectivity index is 2.19. The number of ether oxygens (including phenoxy) is 1. The molecule has 84 valence electrons. The van der Waals surface area contributed by atoms with E-state index in [-0.39, 0.29) is 0 Å². The highest BCUT2D eigenvalue weighted by Gasteiger charge is 1.95. The van der Waals surface area contributed by atoms with Gasteiger partial charge in [0.2, 0.25) is 0 Å². The quantitative estimate of drug-likeness (QED) is 0.423. The summed E-state index contributed by atoms with van der Waals surface area (Å²) >= 11 is 0. The molecule has 0 saturated carbocycles. The van der Waals surface area contributed by atoms with Gasteiger partial charge in [0.05, 0.1) is 7.11 Å². The maximum Gasteiger partial charge on any atom is 0.384 e. The lowest BCUT2D eigenvalue weighted by Gasteiger charge is -1.99. The van der Waals surface area contributed by atoms with Gasteiger partial charge in [-0.1, -0.05) is 48.4 Å². The number of benzene rings is 2. The van der Waals surface area contributed by atoms with Crippen LogP contribution in [0.4, 0.5) is 0 Å². The molecule has 0 N–H and O–H groups in total. The van der Waals surface area contributed by atoms with Gasteiger partial charge in [0.15, 0.2) is 0 Å². The monoisotopic (exact) mass is 224 g/mol. The molecular formula is C15H12O2. The molecule has 0 fully saturated rings. The average molecular weight is 224 g/mol. The predicted molar refractivity (Wildman–Crippen MR) is 67.4 cm³/mol. The molecule has 0 aliphatic heterocycles. The largest absolute Gasteiger partial charge is 0.459 e. The van der Waals surface area contributed by atoms with Crippen LogP contribution >= 0.6 is 0 Å². The van der Waals surface area contributed by atoms with Gasteiger partial charge in [0.1, 0.15) is 0 Å². The van der Waals surface area contributed by atoms with E-state index in [9.17, 15) is 4.79 Å². The minimum absolute atomic E-state index is 0.495. The first-order valence-corrected chi connectivity index (χ1v) is 5.34. The second kappa shape index (κ2) is 5.18. The molecule has 0 saturated heterocycles. The van der Waals surface area contributed by atoms with Crippen LogP contribution in [0, 0.1) is 11.8 Å². The zero-order valence-corrected chi connectivity index (χ0v) is 9.57. The third-order valence-electron chi connectivity index (χ3n) is 2.48. The number of hydrogen-bond acceptors (Lipinski definition) is 2. The van der Waals surface area contributed by atoms with E-state index in [4.69, 9.17) is 0 Å². The first-order valence-electron chi connectivity index (χ1n) is 5.34. The molecule has 0 radical (unpaired) electrons. The number of carbonyl (C=O) groups is 1. The van der Waals surface area contributed by atoms with Crippen LogP contribution in [0.2, 0.25) is 0 Å². The average Bonchev–Trinajstić information content (AvgIpc) is 2.38. The molecule has 2 aromatic carbocycles. The van der Waals surface area contributed by atoms with Crippen molar-refractivity contribution in [2.24, 2.45) is 0 Å². The summed E-state index contributed by atoms with van der Waals surface area (Å²) in [5, 5.41) is 2.39. The summed E-state index contributed by atoms with van der Waals surface area (Å²) in [4.78, 5) is 10.8. The molecule has 0 heterocycles. The van der Waals surface area contributed by atoms with Crippen molar-refractivity contribution in [1.82, 2.24) is 0 Å². The molecule has 2 heteroatoms. The first kappa shape index (κ1) is 11.2. The Labute approximate surface area is 100 Å². The summed E-state index contributed by atoms with van der Waals surface area (Å²) in [6.07, 6.45) is 0.555. The molecule has 17 heavy (non-hydrogen) atoms. The second-order valence-electron chi connectivity index (χ2n) is 3.65. The van der Waals surface area contributed by atoms with Gasteiger partial charge in [-0.05, 0) is 16.3 Å². The van der Waals surface area contributed by atoms with E-state index >= 15 is 0 Å². The van der Waals surface area contributed by atoms with Crippen LogP contribution < -0.4 is 0 Å². The minimum atomic E-state index is -0.495. The second-order valence-corrected chi connectivity index (χ2v) is 3.65. The SMILES string of the molecule is COC(=O)C#CCc1ccc2ccccc2c1. The molecule has 0 unspecified atom stereocenters. The fourth-order valence-electron chi connectivity index (χ4n) is 1.62. The van der Waals surface area contributed by atoms with Crippen molar-refractivity contribution in [2.45, 2.75) is 6.42 Å². The number of methoxy groups -OCH3 is 1. The normalized spacial score (nSPS) is 9.47. The Morgan fingerprint density at radius 1 is 1.18 bits per heavy atom. The maximum absolute atomic E-state index is 10.8. The van der Waals surface area contributed by atoms with Gasteiger partial charge >= 0.3 is 5.97 Å². The standard InChI is InChI=1S/C15H12O2/c1-17-15(16)8-4-5-12-9-10-13-6-2-3-7-14(13)11-12/h2-3,6-7,9-11H,5H2,1H3.